The number of carboxylic acid groups (broad SMARTS) is 1. The van der Waals surface area contributed by atoms with Crippen molar-refractivity contribution in [3.63, 3.8) is 0 Å². The number of nitrogens with zero attached hydrogens (tertiary/aromatic N) is 1. The zero-order valence-corrected chi connectivity index (χ0v) is 20.7. The number of ether oxygens (including phenoxy) is 1. The van der Waals surface area contributed by atoms with E-state index in [4.69, 9.17) is 5.73 Å². The number of anilines is 1. The molecule has 4 rings (SSSR count). The third-order valence-corrected chi connectivity index (χ3v) is 7.06. The van der Waals surface area contributed by atoms with E-state index in [-0.39, 0.29) is 39.0 Å². The Kier molecular flexibility index (Phi) is 8.30. The maximum Gasteiger partial charge on any atom is 0.490 e. The summed E-state index contributed by atoms with van der Waals surface area (Å²) in [5.41, 5.74) is 4.71. The highest BCUT2D eigenvalue weighted by atomic mass is 32.2. The number of hydrogen-bond donors (Lipinski definition) is 4. The number of pyridine rings is 1. The first-order valence-electron chi connectivity index (χ1n) is 10.8. The lowest BCUT2D eigenvalue weighted by Crippen LogP contribution is -2.27. The lowest BCUT2D eigenvalue weighted by molar-refractivity contribution is -0.199. The molecule has 0 saturated heterocycles. The van der Waals surface area contributed by atoms with E-state index < -0.39 is 46.1 Å². The van der Waals surface area contributed by atoms with Crippen LogP contribution in [-0.2, 0) is 19.6 Å². The fraction of sp³-hybridized carbons (Fsp3) is 0.174. The minimum absolute atomic E-state index is 0.0383. The molecule has 2 heterocycles. The van der Waals surface area contributed by atoms with Crippen LogP contribution in [0.15, 0.2) is 58.4 Å². The number of esters is 1. The summed E-state index contributed by atoms with van der Waals surface area (Å²) >= 11 is 0. The number of carbonyl (C=O) groups excluding carboxylic acids is 1. The third kappa shape index (κ3) is 6.18. The molecule has 0 aliphatic carbocycles. The maximum atomic E-state index is 13.1. The van der Waals surface area contributed by atoms with Gasteiger partial charge in [0, 0.05) is 36.1 Å². The number of aromatic amines is 2. The topological polar surface area (TPSA) is 176 Å². The van der Waals surface area contributed by atoms with Crippen molar-refractivity contribution in [2.75, 3.05) is 24.5 Å². The van der Waals surface area contributed by atoms with Crippen LogP contribution in [0.25, 0.3) is 21.8 Å². The molecule has 208 valence electrons. The number of rotatable bonds is 6. The van der Waals surface area contributed by atoms with Gasteiger partial charge in [-0.1, -0.05) is 0 Å². The Hall–Kier alpha value is -4.44. The SMILES string of the molecule is CN(c1ccc(F)cc1)S(=O)(=O)c1ccc2[nH]c(=O)c3[nH]cc(C(=O)O)c3c2c1.NCCOC(=O)C(F)(F)F. The van der Waals surface area contributed by atoms with Crippen LogP contribution in [0.2, 0.25) is 0 Å². The lowest BCUT2D eigenvalue weighted by Gasteiger charge is -2.19. The summed E-state index contributed by atoms with van der Waals surface area (Å²) in [6.07, 6.45) is -3.72. The molecule has 39 heavy (non-hydrogen) atoms. The number of aromatic carboxylic acids is 1. The van der Waals surface area contributed by atoms with Crippen molar-refractivity contribution in [1.82, 2.24) is 9.97 Å². The van der Waals surface area contributed by atoms with Gasteiger partial charge in [0.1, 0.15) is 17.9 Å². The highest BCUT2D eigenvalue weighted by Crippen LogP contribution is 2.29. The second-order valence-electron chi connectivity index (χ2n) is 7.79. The predicted octanol–water partition coefficient (Wildman–Crippen LogP) is 2.72. The van der Waals surface area contributed by atoms with Crippen molar-refractivity contribution >= 4 is 49.5 Å². The van der Waals surface area contributed by atoms with Crippen LogP contribution in [0.3, 0.4) is 0 Å². The van der Waals surface area contributed by atoms with Crippen LogP contribution in [0.1, 0.15) is 10.4 Å². The molecule has 0 aliphatic rings. The van der Waals surface area contributed by atoms with Crippen LogP contribution in [0.4, 0.5) is 23.2 Å². The zero-order chi connectivity index (χ0) is 29.1. The van der Waals surface area contributed by atoms with Gasteiger partial charge in [-0.05, 0) is 42.5 Å². The van der Waals surface area contributed by atoms with Crippen LogP contribution in [-0.4, -0.2) is 61.8 Å². The van der Waals surface area contributed by atoms with Gasteiger partial charge in [0.25, 0.3) is 15.6 Å². The van der Waals surface area contributed by atoms with Gasteiger partial charge >= 0.3 is 18.1 Å². The number of sulfonamides is 1. The molecular weight excluding hydrogens is 552 g/mol. The van der Waals surface area contributed by atoms with Gasteiger partial charge in [-0.2, -0.15) is 13.2 Å². The van der Waals surface area contributed by atoms with Crippen molar-refractivity contribution < 1.29 is 45.4 Å². The molecule has 0 atom stereocenters. The Balaban J connectivity index is 0.000000360. The summed E-state index contributed by atoms with van der Waals surface area (Å²) in [4.78, 5) is 38.7. The van der Waals surface area contributed by atoms with Crippen LogP contribution < -0.4 is 15.6 Å². The number of carboxylic acids is 1. The molecule has 0 bridgehead atoms. The Labute approximate surface area is 216 Å². The Morgan fingerprint density at radius 1 is 1.13 bits per heavy atom. The molecular formula is C23H20F4N4O7S. The number of aromatic nitrogens is 2. The number of nitrogens with one attached hydrogen (secondary N) is 2. The van der Waals surface area contributed by atoms with Gasteiger partial charge < -0.3 is 25.5 Å². The quantitative estimate of drug-likeness (QED) is 0.201. The fourth-order valence-corrected chi connectivity index (χ4v) is 4.64. The van der Waals surface area contributed by atoms with Crippen molar-refractivity contribution in [3.05, 3.63) is 70.4 Å². The number of nitrogens with two attached hydrogens (primary N) is 1. The smallest absolute Gasteiger partial charge is 0.478 e. The molecule has 0 amide bonds. The third-order valence-electron chi connectivity index (χ3n) is 5.28. The average Bonchev–Trinajstić information content (AvgIpc) is 3.34. The minimum atomic E-state index is -4.91. The number of benzene rings is 2. The first-order valence-corrected chi connectivity index (χ1v) is 12.2. The van der Waals surface area contributed by atoms with Crippen molar-refractivity contribution in [2.24, 2.45) is 5.73 Å². The molecule has 11 nitrogen and oxygen atoms in total. The first kappa shape index (κ1) is 29.1. The molecule has 4 aromatic rings. The summed E-state index contributed by atoms with van der Waals surface area (Å²) in [6, 6.07) is 8.98. The molecule has 0 aliphatic heterocycles. The second-order valence-corrected chi connectivity index (χ2v) is 9.76. The summed E-state index contributed by atoms with van der Waals surface area (Å²) in [5, 5.41) is 9.81. The molecule has 0 spiro atoms. The number of hydrogen-bond acceptors (Lipinski definition) is 7. The van der Waals surface area contributed by atoms with Gasteiger partial charge in [0.2, 0.25) is 0 Å². The Morgan fingerprint density at radius 2 is 1.77 bits per heavy atom. The molecule has 2 aromatic heterocycles. The van der Waals surface area contributed by atoms with Gasteiger partial charge in [0.05, 0.1) is 16.1 Å². The van der Waals surface area contributed by atoms with Gasteiger partial charge in [-0.3, -0.25) is 9.10 Å². The average molecular weight is 572 g/mol. The van der Waals surface area contributed by atoms with E-state index in [9.17, 15) is 45.5 Å². The summed E-state index contributed by atoms with van der Waals surface area (Å²) in [6.45, 7) is -0.514. The largest absolute Gasteiger partial charge is 0.490 e. The first-order chi connectivity index (χ1) is 18.2. The predicted molar refractivity (Wildman–Crippen MR) is 131 cm³/mol. The highest BCUT2D eigenvalue weighted by Gasteiger charge is 2.40. The Morgan fingerprint density at radius 3 is 2.33 bits per heavy atom. The van der Waals surface area contributed by atoms with Crippen molar-refractivity contribution in [3.8, 4) is 0 Å². The maximum absolute atomic E-state index is 13.1. The molecule has 16 heteroatoms. The van der Waals surface area contributed by atoms with Crippen LogP contribution >= 0.6 is 0 Å². The highest BCUT2D eigenvalue weighted by molar-refractivity contribution is 7.92. The monoisotopic (exact) mass is 572 g/mol. The van der Waals surface area contributed by atoms with Crippen LogP contribution in [0.5, 0.6) is 0 Å². The van der Waals surface area contributed by atoms with E-state index in [1.807, 2.05) is 0 Å². The van der Waals surface area contributed by atoms with E-state index in [0.29, 0.717) is 5.52 Å². The van der Waals surface area contributed by atoms with Crippen LogP contribution in [0, 0.1) is 5.82 Å². The second kappa shape index (κ2) is 11.1. The number of H-pyrrole nitrogens is 2. The zero-order valence-electron chi connectivity index (χ0n) is 19.9. The van der Waals surface area contributed by atoms with E-state index in [2.05, 4.69) is 14.7 Å². The normalized spacial score (nSPS) is 11.6. The van der Waals surface area contributed by atoms with Crippen molar-refractivity contribution in [2.45, 2.75) is 11.1 Å². The number of alkyl halides is 3. The number of fused-ring (bicyclic) bond motifs is 3. The van der Waals surface area contributed by atoms with E-state index >= 15 is 0 Å². The van der Waals surface area contributed by atoms with Gasteiger partial charge in [-0.25, -0.2) is 22.4 Å². The lowest BCUT2D eigenvalue weighted by atomic mass is 10.1. The summed E-state index contributed by atoms with van der Waals surface area (Å²) < 4.78 is 77.7. The summed E-state index contributed by atoms with van der Waals surface area (Å²) in [5.74, 6) is -3.94. The minimum Gasteiger partial charge on any atom is -0.478 e. The van der Waals surface area contributed by atoms with E-state index in [1.54, 1.807) is 0 Å². The number of halogens is 4. The fourth-order valence-electron chi connectivity index (χ4n) is 3.42. The van der Waals surface area contributed by atoms with Gasteiger partial charge in [0.15, 0.2) is 0 Å². The number of carbonyl (C=O) groups is 2. The van der Waals surface area contributed by atoms with Crippen molar-refractivity contribution in [1.29, 1.82) is 0 Å². The van der Waals surface area contributed by atoms with E-state index in [0.717, 1.165) is 16.4 Å². The Bertz CT molecular complexity index is 1700. The molecule has 0 saturated carbocycles. The molecule has 2 aromatic carbocycles. The summed E-state index contributed by atoms with van der Waals surface area (Å²) in [7, 11) is -2.70. The molecule has 0 fully saturated rings. The standard InChI is InChI=1S/C19H14FN3O5S.C4H6F3NO2/c1-23(11-4-2-10(20)3-5-11)29(27,28)12-6-7-15-13(8-12)16-14(19(25)26)9-21-17(16)18(24)22-15;5-4(6,7)3(9)10-2-1-8/h2-9,21H,1H3,(H,22,24)(H,25,26);1-2,8H2. The molecule has 0 radical (unpaired) electrons. The molecule has 0 unspecified atom stereocenters. The van der Waals surface area contributed by atoms with E-state index in [1.165, 1.54) is 43.6 Å². The van der Waals surface area contributed by atoms with Gasteiger partial charge in [-0.15, -0.1) is 0 Å². The molecule has 5 N–H and O–H groups in total.